The van der Waals surface area contributed by atoms with Gasteiger partial charge in [0.1, 0.15) is 0 Å². The second-order valence-electron chi connectivity index (χ2n) is 2.94. The lowest BCUT2D eigenvalue weighted by Crippen LogP contribution is -1.93. The van der Waals surface area contributed by atoms with Gasteiger partial charge in [-0.2, -0.15) is 0 Å². The van der Waals surface area contributed by atoms with Crippen molar-refractivity contribution in [3.05, 3.63) is 22.7 Å². The standard InChI is InChI=1S/C10H11NO3S/c12-5-8(9-6-15-7-11-9)3-1-2-4-10(13)14/h3,5-7H,1-2,4H2,(H,13,14). The van der Waals surface area contributed by atoms with Crippen LogP contribution in [0.5, 0.6) is 0 Å². The molecule has 0 aliphatic heterocycles. The van der Waals surface area contributed by atoms with E-state index in [1.807, 2.05) is 0 Å². The minimum absolute atomic E-state index is 0.125. The molecule has 0 bridgehead atoms. The van der Waals surface area contributed by atoms with E-state index in [0.717, 1.165) is 6.29 Å². The predicted octanol–water partition coefficient (Wildman–Crippen LogP) is 1.98. The van der Waals surface area contributed by atoms with Crippen molar-refractivity contribution >= 4 is 29.2 Å². The number of hydrogen-bond donors (Lipinski definition) is 1. The monoisotopic (exact) mass is 225 g/mol. The van der Waals surface area contributed by atoms with Gasteiger partial charge in [0.15, 0.2) is 6.29 Å². The van der Waals surface area contributed by atoms with Gasteiger partial charge in [-0.3, -0.25) is 9.59 Å². The third-order valence-corrected chi connectivity index (χ3v) is 2.40. The van der Waals surface area contributed by atoms with Gasteiger partial charge in [0, 0.05) is 17.4 Å². The smallest absolute Gasteiger partial charge is 0.303 e. The zero-order valence-electron chi connectivity index (χ0n) is 8.05. The van der Waals surface area contributed by atoms with E-state index in [1.165, 1.54) is 11.3 Å². The molecule has 5 heteroatoms. The number of unbranched alkanes of at least 4 members (excludes halogenated alkanes) is 1. The molecular formula is C10H11NO3S. The number of carbonyl (C=O) groups excluding carboxylic acids is 1. The number of nitrogens with zero attached hydrogens (tertiary/aromatic N) is 1. The van der Waals surface area contributed by atoms with Crippen molar-refractivity contribution in [1.82, 2.24) is 4.98 Å². The zero-order valence-corrected chi connectivity index (χ0v) is 8.87. The normalized spacial score (nSPS) is 11.3. The van der Waals surface area contributed by atoms with E-state index in [0.29, 0.717) is 24.1 Å². The summed E-state index contributed by atoms with van der Waals surface area (Å²) in [7, 11) is 0. The molecule has 0 aromatic carbocycles. The highest BCUT2D eigenvalue weighted by molar-refractivity contribution is 7.07. The first-order valence-corrected chi connectivity index (χ1v) is 5.44. The molecular weight excluding hydrogens is 214 g/mol. The first-order chi connectivity index (χ1) is 7.24. The van der Waals surface area contributed by atoms with E-state index in [4.69, 9.17) is 5.11 Å². The number of thiazole rings is 1. The van der Waals surface area contributed by atoms with Gasteiger partial charge in [-0.05, 0) is 12.8 Å². The quantitative estimate of drug-likeness (QED) is 0.456. The summed E-state index contributed by atoms with van der Waals surface area (Å²) in [4.78, 5) is 25.0. The molecule has 0 saturated carbocycles. The number of aromatic nitrogens is 1. The summed E-state index contributed by atoms with van der Waals surface area (Å²) in [6.45, 7) is 0. The molecule has 15 heavy (non-hydrogen) atoms. The van der Waals surface area contributed by atoms with Gasteiger partial charge in [0.2, 0.25) is 0 Å². The molecule has 0 amide bonds. The maximum atomic E-state index is 10.7. The first-order valence-electron chi connectivity index (χ1n) is 4.49. The Balaban J connectivity index is 2.49. The number of allylic oxidation sites excluding steroid dienone is 2. The highest BCUT2D eigenvalue weighted by atomic mass is 32.1. The van der Waals surface area contributed by atoms with Gasteiger partial charge >= 0.3 is 5.97 Å². The molecule has 0 fully saturated rings. The van der Waals surface area contributed by atoms with Crippen molar-refractivity contribution in [3.8, 4) is 0 Å². The van der Waals surface area contributed by atoms with Crippen LogP contribution in [-0.2, 0) is 9.59 Å². The van der Waals surface area contributed by atoms with Crippen molar-refractivity contribution in [2.24, 2.45) is 0 Å². The molecule has 4 nitrogen and oxygen atoms in total. The second-order valence-corrected chi connectivity index (χ2v) is 3.66. The number of aliphatic carboxylic acids is 1. The van der Waals surface area contributed by atoms with Gasteiger partial charge < -0.3 is 5.11 Å². The lowest BCUT2D eigenvalue weighted by molar-refractivity contribution is -0.137. The van der Waals surface area contributed by atoms with E-state index in [-0.39, 0.29) is 6.42 Å². The molecule has 0 aliphatic carbocycles. The van der Waals surface area contributed by atoms with Crippen molar-refractivity contribution in [3.63, 3.8) is 0 Å². The van der Waals surface area contributed by atoms with Gasteiger partial charge in [-0.25, -0.2) is 4.98 Å². The molecule has 1 aromatic rings. The zero-order chi connectivity index (χ0) is 11.1. The topological polar surface area (TPSA) is 67.3 Å². The van der Waals surface area contributed by atoms with Crippen molar-refractivity contribution in [2.75, 3.05) is 0 Å². The fourth-order valence-corrected chi connectivity index (χ4v) is 1.64. The van der Waals surface area contributed by atoms with E-state index in [1.54, 1.807) is 17.0 Å². The molecule has 0 spiro atoms. The number of carbonyl (C=O) groups is 2. The van der Waals surface area contributed by atoms with Crippen LogP contribution in [0.1, 0.15) is 25.0 Å². The van der Waals surface area contributed by atoms with Crippen LogP contribution in [0, 0.1) is 0 Å². The second kappa shape index (κ2) is 6.08. The molecule has 0 aliphatic rings. The maximum Gasteiger partial charge on any atom is 0.303 e. The van der Waals surface area contributed by atoms with Crippen LogP contribution >= 0.6 is 11.3 Å². The molecule has 1 heterocycles. The minimum Gasteiger partial charge on any atom is -0.481 e. The van der Waals surface area contributed by atoms with Crippen LogP contribution < -0.4 is 0 Å². The van der Waals surface area contributed by atoms with E-state index in [2.05, 4.69) is 4.98 Å². The van der Waals surface area contributed by atoms with Crippen molar-refractivity contribution in [1.29, 1.82) is 0 Å². The van der Waals surface area contributed by atoms with Crippen LogP contribution in [0.15, 0.2) is 17.0 Å². The Bertz CT molecular complexity index is 357. The average Bonchev–Trinajstić information content (AvgIpc) is 2.70. The van der Waals surface area contributed by atoms with Crippen LogP contribution in [0.4, 0.5) is 0 Å². The SMILES string of the molecule is O=CC(=CCCCC(=O)O)c1cscn1. The summed E-state index contributed by atoms with van der Waals surface area (Å²) < 4.78 is 0. The molecule has 0 saturated heterocycles. The summed E-state index contributed by atoms with van der Waals surface area (Å²) in [6.07, 6.45) is 3.72. The highest BCUT2D eigenvalue weighted by Crippen LogP contribution is 2.13. The fraction of sp³-hybridized carbons (Fsp3) is 0.300. The van der Waals surface area contributed by atoms with Crippen LogP contribution in [-0.4, -0.2) is 22.3 Å². The summed E-state index contributed by atoms with van der Waals surface area (Å²) in [5.74, 6) is -0.815. The van der Waals surface area contributed by atoms with E-state index in [9.17, 15) is 9.59 Å². The van der Waals surface area contributed by atoms with Crippen LogP contribution in [0.25, 0.3) is 5.57 Å². The Kier molecular flexibility index (Phi) is 4.70. The number of carboxylic acid groups (broad SMARTS) is 1. The minimum atomic E-state index is -0.815. The first kappa shape index (κ1) is 11.6. The largest absolute Gasteiger partial charge is 0.481 e. The van der Waals surface area contributed by atoms with Crippen LogP contribution in [0.2, 0.25) is 0 Å². The predicted molar refractivity (Wildman–Crippen MR) is 57.6 cm³/mol. The Morgan fingerprint density at radius 3 is 2.93 bits per heavy atom. The van der Waals surface area contributed by atoms with E-state index >= 15 is 0 Å². The molecule has 0 unspecified atom stereocenters. The molecule has 1 rings (SSSR count). The number of rotatable bonds is 6. The molecule has 1 N–H and O–H groups in total. The highest BCUT2D eigenvalue weighted by Gasteiger charge is 2.02. The van der Waals surface area contributed by atoms with Gasteiger partial charge in [0.05, 0.1) is 11.2 Å². The van der Waals surface area contributed by atoms with E-state index < -0.39 is 5.97 Å². The Morgan fingerprint density at radius 1 is 1.60 bits per heavy atom. The lowest BCUT2D eigenvalue weighted by Gasteiger charge is -1.95. The number of aldehydes is 1. The molecule has 80 valence electrons. The van der Waals surface area contributed by atoms with Crippen LogP contribution in [0.3, 0.4) is 0 Å². The summed E-state index contributed by atoms with van der Waals surface area (Å²) >= 11 is 1.42. The third kappa shape index (κ3) is 4.03. The van der Waals surface area contributed by atoms with Crippen molar-refractivity contribution in [2.45, 2.75) is 19.3 Å². The summed E-state index contributed by atoms with van der Waals surface area (Å²) in [6, 6.07) is 0. The number of carboxylic acids is 1. The Hall–Kier alpha value is -1.49. The lowest BCUT2D eigenvalue weighted by atomic mass is 10.1. The Morgan fingerprint density at radius 2 is 2.40 bits per heavy atom. The maximum absolute atomic E-state index is 10.7. The number of hydrogen-bond acceptors (Lipinski definition) is 4. The summed E-state index contributed by atoms with van der Waals surface area (Å²) in [5, 5.41) is 10.2. The third-order valence-electron chi connectivity index (χ3n) is 1.81. The molecule has 0 atom stereocenters. The van der Waals surface area contributed by atoms with Gasteiger partial charge in [-0.1, -0.05) is 6.08 Å². The Labute approximate surface area is 91.3 Å². The van der Waals surface area contributed by atoms with Crippen molar-refractivity contribution < 1.29 is 14.7 Å². The molecule has 0 radical (unpaired) electrons. The van der Waals surface area contributed by atoms with Gasteiger partial charge in [0.25, 0.3) is 0 Å². The van der Waals surface area contributed by atoms with Gasteiger partial charge in [-0.15, -0.1) is 11.3 Å². The average molecular weight is 225 g/mol. The molecule has 1 aromatic heterocycles. The fourth-order valence-electron chi connectivity index (χ4n) is 1.08. The summed E-state index contributed by atoms with van der Waals surface area (Å²) in [5.41, 5.74) is 2.84.